The van der Waals surface area contributed by atoms with Crippen molar-refractivity contribution in [2.75, 3.05) is 7.11 Å². The van der Waals surface area contributed by atoms with Crippen LogP contribution in [0.2, 0.25) is 0 Å². The summed E-state index contributed by atoms with van der Waals surface area (Å²) in [6, 6.07) is 0. The van der Waals surface area contributed by atoms with Gasteiger partial charge in [-0.1, -0.05) is 15.9 Å². The second kappa shape index (κ2) is 3.85. The largest absolute Gasteiger partial charge is 0.479 e. The molecule has 0 amide bonds. The zero-order valence-corrected chi connectivity index (χ0v) is 6.88. The lowest BCUT2D eigenvalue weighted by atomic mass is 10.3. The molecule has 0 aromatic rings. The molecule has 0 fully saturated rings. The maximum Gasteiger partial charge on any atom is 0.333 e. The Morgan fingerprint density at radius 2 is 2.22 bits per heavy atom. The highest BCUT2D eigenvalue weighted by atomic mass is 79.9. The van der Waals surface area contributed by atoms with Crippen LogP contribution in [0.25, 0.3) is 0 Å². The molecular formula is C5H9BrO3. The molecule has 0 saturated heterocycles. The van der Waals surface area contributed by atoms with E-state index in [9.17, 15) is 4.79 Å². The van der Waals surface area contributed by atoms with Crippen molar-refractivity contribution in [1.29, 1.82) is 0 Å². The molecule has 0 bridgehead atoms. The number of alkyl halides is 1. The summed E-state index contributed by atoms with van der Waals surface area (Å²) in [5.41, 5.74) is 0. The van der Waals surface area contributed by atoms with Crippen LogP contribution in [0, 0.1) is 0 Å². The summed E-state index contributed by atoms with van der Waals surface area (Å²) < 4.78 is 4.63. The van der Waals surface area contributed by atoms with Crippen molar-refractivity contribution in [2.45, 2.75) is 17.9 Å². The number of carbonyl (C=O) groups is 1. The van der Waals surface area contributed by atoms with Crippen molar-refractivity contribution >= 4 is 21.9 Å². The van der Waals surface area contributed by atoms with Crippen molar-refractivity contribution in [2.24, 2.45) is 0 Å². The predicted octanol–water partition coefficient (Wildman–Crippen LogP) is 0.869. The second-order valence-corrected chi connectivity index (χ2v) is 3.12. The molecule has 4 heteroatoms. The van der Waals surface area contributed by atoms with Crippen LogP contribution in [0.3, 0.4) is 0 Å². The number of ether oxygens (including phenoxy) is 1. The average Bonchev–Trinajstić information content (AvgIpc) is 1.64. The standard InChI is InChI=1S/C5H9BrO3/c1-3(6)4(9-2)5(7)8/h3-4H,1-2H3,(H,7,8). The second-order valence-electron chi connectivity index (χ2n) is 1.67. The van der Waals surface area contributed by atoms with Crippen LogP contribution in [-0.2, 0) is 9.53 Å². The van der Waals surface area contributed by atoms with Gasteiger partial charge in [0.25, 0.3) is 0 Å². The summed E-state index contributed by atoms with van der Waals surface area (Å²) >= 11 is 3.10. The van der Waals surface area contributed by atoms with E-state index >= 15 is 0 Å². The smallest absolute Gasteiger partial charge is 0.333 e. The molecule has 3 nitrogen and oxygen atoms in total. The molecule has 0 radical (unpaired) electrons. The Labute approximate surface area is 62.1 Å². The lowest BCUT2D eigenvalue weighted by Crippen LogP contribution is -2.29. The Morgan fingerprint density at radius 3 is 2.22 bits per heavy atom. The van der Waals surface area contributed by atoms with E-state index in [0.717, 1.165) is 0 Å². The van der Waals surface area contributed by atoms with Gasteiger partial charge < -0.3 is 9.84 Å². The first-order valence-corrected chi connectivity index (χ1v) is 3.40. The number of carboxylic acid groups (broad SMARTS) is 1. The number of halogens is 1. The Hall–Kier alpha value is -0.0900. The van der Waals surface area contributed by atoms with Gasteiger partial charge in [-0.05, 0) is 6.92 Å². The molecule has 0 aliphatic heterocycles. The summed E-state index contributed by atoms with van der Waals surface area (Å²) in [6.45, 7) is 1.72. The van der Waals surface area contributed by atoms with Gasteiger partial charge in [0.05, 0.1) is 0 Å². The van der Waals surface area contributed by atoms with Gasteiger partial charge >= 0.3 is 5.97 Å². The van der Waals surface area contributed by atoms with Crippen molar-refractivity contribution in [1.82, 2.24) is 0 Å². The van der Waals surface area contributed by atoms with Gasteiger partial charge in [0.1, 0.15) is 0 Å². The van der Waals surface area contributed by atoms with Crippen LogP contribution in [0.15, 0.2) is 0 Å². The summed E-state index contributed by atoms with van der Waals surface area (Å²) in [5, 5.41) is 8.39. The lowest BCUT2D eigenvalue weighted by molar-refractivity contribution is -0.148. The van der Waals surface area contributed by atoms with Gasteiger partial charge in [-0.15, -0.1) is 0 Å². The third-order valence-electron chi connectivity index (χ3n) is 0.915. The fourth-order valence-electron chi connectivity index (χ4n) is 0.485. The van der Waals surface area contributed by atoms with Crippen molar-refractivity contribution in [3.63, 3.8) is 0 Å². The highest BCUT2D eigenvalue weighted by Gasteiger charge is 2.21. The molecule has 0 heterocycles. The van der Waals surface area contributed by atoms with Crippen LogP contribution in [0.5, 0.6) is 0 Å². The zero-order valence-electron chi connectivity index (χ0n) is 5.30. The van der Waals surface area contributed by atoms with E-state index in [-0.39, 0.29) is 4.83 Å². The third kappa shape index (κ3) is 2.81. The first kappa shape index (κ1) is 8.91. The molecule has 2 atom stereocenters. The number of aliphatic carboxylic acids is 1. The Morgan fingerprint density at radius 1 is 1.78 bits per heavy atom. The van der Waals surface area contributed by atoms with Crippen LogP contribution in [0.1, 0.15) is 6.92 Å². The molecule has 0 saturated carbocycles. The average molecular weight is 197 g/mol. The fourth-order valence-corrected chi connectivity index (χ4v) is 0.927. The minimum absolute atomic E-state index is 0.153. The summed E-state index contributed by atoms with van der Waals surface area (Å²) in [4.78, 5) is 10.1. The van der Waals surface area contributed by atoms with Gasteiger partial charge in [-0.2, -0.15) is 0 Å². The number of methoxy groups -OCH3 is 1. The quantitative estimate of drug-likeness (QED) is 0.682. The van der Waals surface area contributed by atoms with Gasteiger partial charge in [0.15, 0.2) is 6.10 Å². The Balaban J connectivity index is 3.83. The molecule has 0 aliphatic carbocycles. The molecule has 0 spiro atoms. The first-order chi connectivity index (χ1) is 4.09. The van der Waals surface area contributed by atoms with Gasteiger partial charge in [-0.25, -0.2) is 4.79 Å². The van der Waals surface area contributed by atoms with E-state index in [0.29, 0.717) is 0 Å². The number of rotatable bonds is 3. The number of hydrogen-bond donors (Lipinski definition) is 1. The van der Waals surface area contributed by atoms with Gasteiger partial charge in [0, 0.05) is 11.9 Å². The molecule has 54 valence electrons. The third-order valence-corrected chi connectivity index (χ3v) is 1.39. The minimum Gasteiger partial charge on any atom is -0.479 e. The Kier molecular flexibility index (Phi) is 3.81. The van der Waals surface area contributed by atoms with E-state index in [1.807, 2.05) is 0 Å². The van der Waals surface area contributed by atoms with Crippen LogP contribution in [-0.4, -0.2) is 29.1 Å². The van der Waals surface area contributed by atoms with E-state index in [1.165, 1.54) is 7.11 Å². The summed E-state index contributed by atoms with van der Waals surface area (Å²) in [6.07, 6.45) is -0.745. The minimum atomic E-state index is -0.943. The molecule has 0 rings (SSSR count). The molecule has 0 aromatic carbocycles. The first-order valence-electron chi connectivity index (χ1n) is 2.49. The predicted molar refractivity (Wildman–Crippen MR) is 36.8 cm³/mol. The normalized spacial score (nSPS) is 16.8. The molecule has 1 N–H and O–H groups in total. The van der Waals surface area contributed by atoms with E-state index in [2.05, 4.69) is 20.7 Å². The van der Waals surface area contributed by atoms with Crippen LogP contribution in [0.4, 0.5) is 0 Å². The molecule has 0 aromatic heterocycles. The Bertz CT molecular complexity index is 102. The molecule has 9 heavy (non-hydrogen) atoms. The topological polar surface area (TPSA) is 46.5 Å². The van der Waals surface area contributed by atoms with Crippen molar-refractivity contribution in [3.8, 4) is 0 Å². The maximum absolute atomic E-state index is 10.2. The van der Waals surface area contributed by atoms with Crippen LogP contribution < -0.4 is 0 Å². The SMILES string of the molecule is COC(C(=O)O)C(C)Br. The van der Waals surface area contributed by atoms with E-state index < -0.39 is 12.1 Å². The molecule has 2 unspecified atom stereocenters. The monoisotopic (exact) mass is 196 g/mol. The number of carboxylic acids is 1. The van der Waals surface area contributed by atoms with Crippen molar-refractivity contribution < 1.29 is 14.6 Å². The summed E-state index contributed by atoms with van der Waals surface area (Å²) in [5.74, 6) is -0.943. The fraction of sp³-hybridized carbons (Fsp3) is 0.800. The van der Waals surface area contributed by atoms with Gasteiger partial charge in [-0.3, -0.25) is 0 Å². The highest BCUT2D eigenvalue weighted by molar-refractivity contribution is 9.09. The van der Waals surface area contributed by atoms with Crippen molar-refractivity contribution in [3.05, 3.63) is 0 Å². The lowest BCUT2D eigenvalue weighted by Gasteiger charge is -2.11. The van der Waals surface area contributed by atoms with E-state index in [1.54, 1.807) is 6.92 Å². The molecular weight excluding hydrogens is 188 g/mol. The summed E-state index contributed by atoms with van der Waals surface area (Å²) in [7, 11) is 1.37. The maximum atomic E-state index is 10.2. The molecule has 0 aliphatic rings. The van der Waals surface area contributed by atoms with E-state index in [4.69, 9.17) is 5.11 Å². The number of hydrogen-bond acceptors (Lipinski definition) is 2. The van der Waals surface area contributed by atoms with Crippen LogP contribution >= 0.6 is 15.9 Å². The van der Waals surface area contributed by atoms with Gasteiger partial charge in [0.2, 0.25) is 0 Å². The zero-order chi connectivity index (χ0) is 7.44. The highest BCUT2D eigenvalue weighted by Crippen LogP contribution is 2.07.